The van der Waals surface area contributed by atoms with Gasteiger partial charge in [0.2, 0.25) is 0 Å². The van der Waals surface area contributed by atoms with Crippen molar-refractivity contribution in [1.82, 2.24) is 19.3 Å². The molecular formula is C17H12N4O4S. The van der Waals surface area contributed by atoms with Crippen LogP contribution in [0.4, 0.5) is 0 Å². The summed E-state index contributed by atoms with van der Waals surface area (Å²) in [6.45, 7) is 0.0133. The first-order valence-corrected chi connectivity index (χ1v) is 8.46. The van der Waals surface area contributed by atoms with Gasteiger partial charge in [0.15, 0.2) is 11.6 Å². The summed E-state index contributed by atoms with van der Waals surface area (Å²) in [6, 6.07) is 11.0. The first-order valence-electron chi connectivity index (χ1n) is 7.58. The zero-order valence-corrected chi connectivity index (χ0v) is 14.1. The molecule has 2 N–H and O–H groups in total. The number of carbonyl (C=O) groups is 1. The molecule has 0 spiro atoms. The fourth-order valence-electron chi connectivity index (χ4n) is 2.73. The summed E-state index contributed by atoms with van der Waals surface area (Å²) < 4.78 is 3.19. The molecule has 0 aliphatic heterocycles. The van der Waals surface area contributed by atoms with Gasteiger partial charge in [0, 0.05) is 0 Å². The molecule has 8 nitrogen and oxygen atoms in total. The molecule has 0 bridgehead atoms. The van der Waals surface area contributed by atoms with E-state index < -0.39 is 17.3 Å². The molecule has 4 aromatic rings. The summed E-state index contributed by atoms with van der Waals surface area (Å²) in [7, 11) is 0. The highest BCUT2D eigenvalue weighted by Gasteiger charge is 2.22. The lowest BCUT2D eigenvalue weighted by Gasteiger charge is -2.09. The highest BCUT2D eigenvalue weighted by Crippen LogP contribution is 2.29. The average Bonchev–Trinajstić information content (AvgIpc) is 3.29. The number of thiophene rings is 1. The lowest BCUT2D eigenvalue weighted by atomic mass is 10.2. The fourth-order valence-corrected chi connectivity index (χ4v) is 3.66. The molecule has 0 aliphatic rings. The van der Waals surface area contributed by atoms with Crippen molar-refractivity contribution in [2.45, 2.75) is 6.54 Å². The molecule has 130 valence electrons. The molecule has 4 rings (SSSR count). The second kappa shape index (κ2) is 6.12. The molecule has 0 saturated heterocycles. The van der Waals surface area contributed by atoms with Crippen molar-refractivity contribution in [1.29, 1.82) is 0 Å². The molecule has 0 saturated carbocycles. The van der Waals surface area contributed by atoms with Gasteiger partial charge in [-0.25, -0.2) is 14.5 Å². The quantitative estimate of drug-likeness (QED) is 0.571. The Bertz CT molecular complexity index is 1180. The lowest BCUT2D eigenvalue weighted by molar-refractivity contribution is 0.0695. The predicted octanol–water partition coefficient (Wildman–Crippen LogP) is 2.10. The van der Waals surface area contributed by atoms with Gasteiger partial charge < -0.3 is 10.2 Å². The Morgan fingerprint density at radius 3 is 2.69 bits per heavy atom. The number of benzene rings is 1. The molecule has 3 aromatic heterocycles. The van der Waals surface area contributed by atoms with Crippen LogP contribution in [-0.2, 0) is 6.54 Å². The number of fused-ring (bicyclic) bond motifs is 1. The van der Waals surface area contributed by atoms with Crippen molar-refractivity contribution in [3.05, 3.63) is 69.8 Å². The zero-order valence-electron chi connectivity index (χ0n) is 13.2. The van der Waals surface area contributed by atoms with Crippen LogP contribution in [0.5, 0.6) is 5.75 Å². The molecule has 1 aromatic carbocycles. The zero-order chi connectivity index (χ0) is 18.3. The van der Waals surface area contributed by atoms with Crippen LogP contribution in [0, 0.1) is 0 Å². The van der Waals surface area contributed by atoms with Gasteiger partial charge in [-0.15, -0.1) is 16.4 Å². The minimum atomic E-state index is -1.34. The Hall–Kier alpha value is -3.46. The van der Waals surface area contributed by atoms with E-state index in [-0.39, 0.29) is 12.1 Å². The summed E-state index contributed by atoms with van der Waals surface area (Å²) in [5.74, 6) is -1.76. The maximum atomic E-state index is 12.5. The van der Waals surface area contributed by atoms with E-state index in [9.17, 15) is 19.8 Å². The second-order valence-electron chi connectivity index (χ2n) is 5.50. The number of nitrogens with zero attached hydrogens (tertiary/aromatic N) is 4. The molecule has 9 heteroatoms. The van der Waals surface area contributed by atoms with Crippen molar-refractivity contribution >= 4 is 27.5 Å². The van der Waals surface area contributed by atoms with Crippen LogP contribution in [0.2, 0.25) is 0 Å². The SMILES string of the molecule is O=C(O)c1c(O)c(=O)n(Cc2ncn(-c3ccccc3)n2)c2ccsc12. The Morgan fingerprint density at radius 2 is 1.96 bits per heavy atom. The van der Waals surface area contributed by atoms with E-state index in [1.54, 1.807) is 16.1 Å². The van der Waals surface area contributed by atoms with Gasteiger partial charge in [-0.2, -0.15) is 0 Å². The Balaban J connectivity index is 1.80. The number of carboxylic acids is 1. The highest BCUT2D eigenvalue weighted by molar-refractivity contribution is 7.17. The number of hydrogen-bond donors (Lipinski definition) is 2. The number of aromatic nitrogens is 4. The van der Waals surface area contributed by atoms with E-state index in [4.69, 9.17) is 0 Å². The molecule has 0 amide bonds. The molecule has 3 heterocycles. The van der Waals surface area contributed by atoms with Gasteiger partial charge >= 0.3 is 5.97 Å². The van der Waals surface area contributed by atoms with Crippen molar-refractivity contribution in [2.24, 2.45) is 0 Å². The normalized spacial score (nSPS) is 11.1. The van der Waals surface area contributed by atoms with E-state index >= 15 is 0 Å². The summed E-state index contributed by atoms with van der Waals surface area (Å²) in [6.07, 6.45) is 1.53. The summed E-state index contributed by atoms with van der Waals surface area (Å²) >= 11 is 1.15. The molecule has 0 atom stereocenters. The third-order valence-electron chi connectivity index (χ3n) is 3.92. The van der Waals surface area contributed by atoms with Gasteiger partial charge in [-0.1, -0.05) is 18.2 Å². The Labute approximate surface area is 150 Å². The Kier molecular flexibility index (Phi) is 3.77. The number of hydrogen-bond acceptors (Lipinski definition) is 6. The smallest absolute Gasteiger partial charge is 0.341 e. The van der Waals surface area contributed by atoms with Crippen LogP contribution in [0.15, 0.2) is 52.9 Å². The molecule has 0 aliphatic carbocycles. The van der Waals surface area contributed by atoms with Gasteiger partial charge in [-0.05, 0) is 23.6 Å². The summed E-state index contributed by atoms with van der Waals surface area (Å²) in [5, 5.41) is 25.4. The second-order valence-corrected chi connectivity index (χ2v) is 6.41. The maximum absolute atomic E-state index is 12.5. The first-order chi connectivity index (χ1) is 12.6. The number of rotatable bonds is 4. The van der Waals surface area contributed by atoms with Crippen molar-refractivity contribution in [2.75, 3.05) is 0 Å². The molecule has 0 fully saturated rings. The van der Waals surface area contributed by atoms with Crippen molar-refractivity contribution < 1.29 is 15.0 Å². The molecule has 26 heavy (non-hydrogen) atoms. The third kappa shape index (κ3) is 2.54. The molecular weight excluding hydrogens is 356 g/mol. The lowest BCUT2D eigenvalue weighted by Crippen LogP contribution is -2.23. The fraction of sp³-hybridized carbons (Fsp3) is 0.0588. The van der Waals surface area contributed by atoms with E-state index in [1.807, 2.05) is 30.3 Å². The Morgan fingerprint density at radius 1 is 1.19 bits per heavy atom. The number of aromatic carboxylic acids is 1. The van der Waals surface area contributed by atoms with Crippen LogP contribution in [0.1, 0.15) is 16.2 Å². The third-order valence-corrected chi connectivity index (χ3v) is 4.84. The minimum absolute atomic E-state index is 0.0133. The number of carboxylic acid groups (broad SMARTS) is 1. The van der Waals surface area contributed by atoms with Gasteiger partial charge in [0.25, 0.3) is 5.56 Å². The number of pyridine rings is 1. The van der Waals surface area contributed by atoms with E-state index in [2.05, 4.69) is 10.1 Å². The highest BCUT2D eigenvalue weighted by atomic mass is 32.1. The van der Waals surface area contributed by atoms with Crippen LogP contribution >= 0.6 is 11.3 Å². The average molecular weight is 368 g/mol. The molecule has 0 radical (unpaired) electrons. The number of para-hydroxylation sites is 1. The van der Waals surface area contributed by atoms with Crippen molar-refractivity contribution in [3.8, 4) is 11.4 Å². The van der Waals surface area contributed by atoms with Crippen LogP contribution in [0.25, 0.3) is 15.9 Å². The summed E-state index contributed by atoms with van der Waals surface area (Å²) in [5.41, 5.74) is 0.0815. The topological polar surface area (TPSA) is 110 Å². The number of aromatic hydroxyl groups is 1. The largest absolute Gasteiger partial charge is 0.502 e. The van der Waals surface area contributed by atoms with Crippen LogP contribution in [-0.4, -0.2) is 35.5 Å². The monoisotopic (exact) mass is 368 g/mol. The van der Waals surface area contributed by atoms with Gasteiger partial charge in [-0.3, -0.25) is 9.36 Å². The van der Waals surface area contributed by atoms with E-state index in [0.29, 0.717) is 16.0 Å². The van der Waals surface area contributed by atoms with E-state index in [0.717, 1.165) is 17.0 Å². The van der Waals surface area contributed by atoms with Gasteiger partial charge in [0.1, 0.15) is 11.9 Å². The van der Waals surface area contributed by atoms with E-state index in [1.165, 1.54) is 10.9 Å². The van der Waals surface area contributed by atoms with Gasteiger partial charge in [0.05, 0.1) is 22.4 Å². The maximum Gasteiger partial charge on any atom is 0.341 e. The molecule has 0 unspecified atom stereocenters. The standard InChI is InChI=1S/C17H12N4O4S/c22-14-13(17(24)25)15-11(6-7-26-15)20(16(14)23)8-12-18-9-21(19-12)10-4-2-1-3-5-10/h1-7,9,22H,8H2,(H,24,25). The first kappa shape index (κ1) is 16.0. The minimum Gasteiger partial charge on any atom is -0.502 e. The van der Waals surface area contributed by atoms with Crippen molar-refractivity contribution in [3.63, 3.8) is 0 Å². The predicted molar refractivity (Wildman–Crippen MR) is 95.2 cm³/mol. The van der Waals surface area contributed by atoms with Crippen LogP contribution in [0.3, 0.4) is 0 Å². The van der Waals surface area contributed by atoms with Crippen LogP contribution < -0.4 is 5.56 Å². The summed E-state index contributed by atoms with van der Waals surface area (Å²) in [4.78, 5) is 28.1.